The first-order chi connectivity index (χ1) is 27.9. The number of hydrogen-bond donors (Lipinski definition) is 3. The Kier molecular flexibility index (Phi) is 13.6. The van der Waals surface area contributed by atoms with Gasteiger partial charge in [0.1, 0.15) is 29.3 Å². The van der Waals surface area contributed by atoms with Crippen molar-refractivity contribution in [1.82, 2.24) is 34.4 Å². The molecule has 5 heterocycles. The Bertz CT molecular complexity index is 1690. The van der Waals surface area contributed by atoms with Crippen LogP contribution in [0.25, 0.3) is 0 Å². The van der Waals surface area contributed by atoms with Gasteiger partial charge in [-0.3, -0.25) is 28.9 Å². The molecule has 58 heavy (non-hydrogen) atoms. The van der Waals surface area contributed by atoms with E-state index >= 15 is 0 Å². The Balaban J connectivity index is 1.13. The van der Waals surface area contributed by atoms with Crippen molar-refractivity contribution in [3.05, 3.63) is 47.5 Å². The van der Waals surface area contributed by atoms with E-state index in [9.17, 15) is 24.0 Å². The van der Waals surface area contributed by atoms with E-state index in [-0.39, 0.29) is 30.8 Å². The third-order valence-electron chi connectivity index (χ3n) is 12.1. The summed E-state index contributed by atoms with van der Waals surface area (Å²) in [7, 11) is 0. The fourth-order valence-corrected chi connectivity index (χ4v) is 9.73. The highest BCUT2D eigenvalue weighted by Gasteiger charge is 2.61. The SMILES string of the molecule is CC(C)(C)OC(=O)N[C@H]1CCCCC/C=C\C2C[C@@]2(C(=O)NSN2CCCC2)NC(=O)[C@@H]2C[C@@H](OC(=O)N3CCc4ccccc4C3CN3CCOCC3)CN2C1=O. The van der Waals surface area contributed by atoms with Gasteiger partial charge in [0.05, 0.1) is 25.8 Å². The number of hydrogen-bond acceptors (Lipinski definition) is 11. The van der Waals surface area contributed by atoms with E-state index in [0.717, 1.165) is 63.8 Å². The minimum atomic E-state index is -1.17. The predicted molar refractivity (Wildman–Crippen MR) is 218 cm³/mol. The number of nitrogens with one attached hydrogen (secondary N) is 3. The molecular weight excluding hydrogens is 763 g/mol. The van der Waals surface area contributed by atoms with Crippen LogP contribution in [-0.2, 0) is 35.0 Å². The summed E-state index contributed by atoms with van der Waals surface area (Å²) in [6.45, 7) is 10.9. The molecule has 318 valence electrons. The van der Waals surface area contributed by atoms with E-state index in [1.165, 1.54) is 22.6 Å². The zero-order chi connectivity index (χ0) is 40.9. The van der Waals surface area contributed by atoms with E-state index < -0.39 is 53.3 Å². The van der Waals surface area contributed by atoms with Gasteiger partial charge in [-0.2, -0.15) is 0 Å². The quantitative estimate of drug-likeness (QED) is 0.269. The predicted octanol–water partition coefficient (Wildman–Crippen LogP) is 4.09. The van der Waals surface area contributed by atoms with Gasteiger partial charge >= 0.3 is 12.2 Å². The normalized spacial score (nSPS) is 30.4. The first-order valence-corrected chi connectivity index (χ1v) is 22.0. The topological polar surface area (TPSA) is 162 Å². The summed E-state index contributed by atoms with van der Waals surface area (Å²) in [5, 5.41) is 5.88. The summed E-state index contributed by atoms with van der Waals surface area (Å²) in [5.41, 5.74) is 0.326. The molecule has 1 aliphatic carbocycles. The zero-order valence-corrected chi connectivity index (χ0v) is 35.1. The van der Waals surface area contributed by atoms with Crippen molar-refractivity contribution in [1.29, 1.82) is 0 Å². The number of carbonyl (C=O) groups excluding carboxylic acids is 5. The van der Waals surface area contributed by atoms with Gasteiger partial charge in [0.25, 0.3) is 5.91 Å². The molecule has 0 bridgehead atoms. The molecular formula is C42H61N7O8S. The number of rotatable bonds is 7. The number of benzene rings is 1. The third kappa shape index (κ3) is 10.3. The summed E-state index contributed by atoms with van der Waals surface area (Å²) in [5.74, 6) is -1.43. The van der Waals surface area contributed by atoms with Gasteiger partial charge in [0, 0.05) is 63.7 Å². The van der Waals surface area contributed by atoms with Crippen molar-refractivity contribution in [3.8, 4) is 0 Å². The van der Waals surface area contributed by atoms with Gasteiger partial charge in [-0.15, -0.1) is 0 Å². The number of alkyl carbamates (subject to hydrolysis) is 1. The fourth-order valence-electron chi connectivity index (χ4n) is 8.90. The van der Waals surface area contributed by atoms with Gasteiger partial charge < -0.3 is 29.7 Å². The summed E-state index contributed by atoms with van der Waals surface area (Å²) < 4.78 is 22.5. The molecule has 3 saturated heterocycles. The average Bonchev–Trinajstić information content (AvgIpc) is 3.47. The Morgan fingerprint density at radius 2 is 1.78 bits per heavy atom. The molecule has 1 aromatic rings. The molecule has 1 saturated carbocycles. The second-order valence-corrected chi connectivity index (χ2v) is 18.4. The second-order valence-electron chi connectivity index (χ2n) is 17.5. The van der Waals surface area contributed by atoms with Crippen LogP contribution in [0.5, 0.6) is 0 Å². The molecule has 7 rings (SSSR count). The maximum absolute atomic E-state index is 14.6. The lowest BCUT2D eigenvalue weighted by Crippen LogP contribution is -2.57. The van der Waals surface area contributed by atoms with Crippen molar-refractivity contribution in [2.45, 2.75) is 120 Å². The molecule has 2 unspecified atom stereocenters. The minimum absolute atomic E-state index is 0.0406. The lowest BCUT2D eigenvalue weighted by Gasteiger charge is -2.40. The van der Waals surface area contributed by atoms with Crippen LogP contribution >= 0.6 is 12.1 Å². The molecule has 4 fully saturated rings. The van der Waals surface area contributed by atoms with Crippen LogP contribution in [0, 0.1) is 5.92 Å². The molecule has 6 atom stereocenters. The van der Waals surface area contributed by atoms with Crippen LogP contribution in [0.3, 0.4) is 0 Å². The Labute approximate surface area is 346 Å². The molecule has 15 nitrogen and oxygen atoms in total. The Morgan fingerprint density at radius 1 is 1.00 bits per heavy atom. The summed E-state index contributed by atoms with van der Waals surface area (Å²) in [6.07, 6.45) is 8.84. The number of fused-ring (bicyclic) bond motifs is 3. The maximum atomic E-state index is 14.6. The van der Waals surface area contributed by atoms with Crippen LogP contribution in [0.1, 0.15) is 95.7 Å². The molecule has 0 radical (unpaired) electrons. The average molecular weight is 824 g/mol. The molecule has 0 spiro atoms. The van der Waals surface area contributed by atoms with E-state index in [0.29, 0.717) is 52.0 Å². The number of morpholine rings is 1. The molecule has 1 aromatic carbocycles. The lowest BCUT2D eigenvalue weighted by molar-refractivity contribution is -0.141. The summed E-state index contributed by atoms with van der Waals surface area (Å²) >= 11 is 1.28. The first-order valence-electron chi connectivity index (χ1n) is 21.3. The maximum Gasteiger partial charge on any atom is 0.410 e. The highest BCUT2D eigenvalue weighted by molar-refractivity contribution is 7.95. The Morgan fingerprint density at radius 3 is 2.55 bits per heavy atom. The fraction of sp³-hybridized carbons (Fsp3) is 0.690. The number of allylic oxidation sites excluding steroid dienone is 1. The van der Waals surface area contributed by atoms with E-state index in [1.807, 2.05) is 18.2 Å². The van der Waals surface area contributed by atoms with Crippen molar-refractivity contribution in [2.75, 3.05) is 59.0 Å². The second kappa shape index (κ2) is 18.6. The number of carbonyl (C=O) groups is 5. The van der Waals surface area contributed by atoms with Gasteiger partial charge in [-0.05, 0) is 76.8 Å². The van der Waals surface area contributed by atoms with Gasteiger partial charge in [0.15, 0.2) is 0 Å². The number of nitrogens with zero attached hydrogens (tertiary/aromatic N) is 4. The molecule has 16 heteroatoms. The lowest BCUT2D eigenvalue weighted by atomic mass is 9.92. The number of ether oxygens (including phenoxy) is 3. The van der Waals surface area contributed by atoms with E-state index in [4.69, 9.17) is 14.2 Å². The van der Waals surface area contributed by atoms with Crippen LogP contribution in [0.15, 0.2) is 36.4 Å². The summed E-state index contributed by atoms with van der Waals surface area (Å²) in [6, 6.07) is 5.93. The van der Waals surface area contributed by atoms with Gasteiger partial charge in [-0.25, -0.2) is 13.9 Å². The van der Waals surface area contributed by atoms with Crippen molar-refractivity contribution in [3.63, 3.8) is 0 Å². The molecule has 3 N–H and O–H groups in total. The van der Waals surface area contributed by atoms with Crippen LogP contribution < -0.4 is 15.4 Å². The minimum Gasteiger partial charge on any atom is -0.444 e. The van der Waals surface area contributed by atoms with Gasteiger partial charge in [-0.1, -0.05) is 49.3 Å². The smallest absolute Gasteiger partial charge is 0.410 e. The standard InChI is InChI=1S/C42H61N7O8S/c1-41(2,3)57-39(53)43-33-16-8-6-4-5-7-14-30-26-42(30,38(52)45-58-47-18-11-12-19-47)44-36(50)34-25-31(27-49(34)37(33)51)56-40(54)48-20-17-29-13-9-10-15-32(29)35(48)28-46-21-23-55-24-22-46/h7,9-10,13-15,30-31,33-35H,4-6,8,11-12,16-28H2,1-3H3,(H,43,53)(H,44,50)(H,45,52)/b14-7-/t30?,31-,33+,34+,35?,42-/m1/s1. The van der Waals surface area contributed by atoms with E-state index in [1.54, 1.807) is 25.7 Å². The van der Waals surface area contributed by atoms with Crippen molar-refractivity contribution >= 4 is 42.0 Å². The monoisotopic (exact) mass is 823 g/mol. The van der Waals surface area contributed by atoms with Crippen LogP contribution in [-0.4, -0.2) is 137 Å². The Hall–Kier alpha value is -3.86. The highest BCUT2D eigenvalue weighted by atomic mass is 32.2. The molecule has 5 amide bonds. The number of amides is 5. The van der Waals surface area contributed by atoms with Crippen LogP contribution in [0.4, 0.5) is 9.59 Å². The van der Waals surface area contributed by atoms with Crippen molar-refractivity contribution < 1.29 is 38.2 Å². The molecule has 6 aliphatic rings. The molecule has 5 aliphatic heterocycles. The molecule has 0 aromatic heterocycles. The van der Waals surface area contributed by atoms with Gasteiger partial charge in [0.2, 0.25) is 11.8 Å². The first kappa shape index (κ1) is 42.3. The largest absolute Gasteiger partial charge is 0.444 e. The van der Waals surface area contributed by atoms with E-state index in [2.05, 4.69) is 42.8 Å². The zero-order valence-electron chi connectivity index (χ0n) is 34.2. The third-order valence-corrected chi connectivity index (χ3v) is 13.0. The highest BCUT2D eigenvalue weighted by Crippen LogP contribution is 2.46. The van der Waals surface area contributed by atoms with Crippen LogP contribution in [0.2, 0.25) is 0 Å². The van der Waals surface area contributed by atoms with Crippen molar-refractivity contribution in [2.24, 2.45) is 5.92 Å². The summed E-state index contributed by atoms with van der Waals surface area (Å²) in [4.78, 5) is 76.0.